The molecule has 5 rings (SSSR count). The number of amides is 2. The summed E-state index contributed by atoms with van der Waals surface area (Å²) in [7, 11) is 0. The second kappa shape index (κ2) is 8.95. The first kappa shape index (κ1) is 24.3. The van der Waals surface area contributed by atoms with Crippen molar-refractivity contribution in [3.05, 3.63) is 47.0 Å². The van der Waals surface area contributed by atoms with Crippen LogP contribution < -0.4 is 10.6 Å². The molecule has 1 aliphatic carbocycles. The molecule has 1 saturated carbocycles. The van der Waals surface area contributed by atoms with E-state index in [4.69, 9.17) is 0 Å². The topological polar surface area (TPSA) is 100 Å². The molecule has 3 aromatic heterocycles. The predicted octanol–water partition coefficient (Wildman–Crippen LogP) is 4.07. The van der Waals surface area contributed by atoms with E-state index in [0.717, 1.165) is 6.20 Å². The molecule has 2 fully saturated rings. The van der Waals surface area contributed by atoms with Crippen LogP contribution in [0.4, 0.5) is 23.5 Å². The highest BCUT2D eigenvalue weighted by molar-refractivity contribution is 7.17. The van der Waals surface area contributed by atoms with E-state index in [1.54, 1.807) is 18.4 Å². The van der Waals surface area contributed by atoms with Gasteiger partial charge in [-0.2, -0.15) is 13.2 Å². The summed E-state index contributed by atoms with van der Waals surface area (Å²) in [5.74, 6) is -1.74. The Morgan fingerprint density at radius 3 is 2.61 bits per heavy atom. The van der Waals surface area contributed by atoms with Crippen LogP contribution in [0.25, 0.3) is 10.2 Å². The summed E-state index contributed by atoms with van der Waals surface area (Å²) in [5, 5.41) is 7.29. The van der Waals surface area contributed by atoms with Gasteiger partial charge >= 0.3 is 6.18 Å². The van der Waals surface area contributed by atoms with Crippen molar-refractivity contribution in [2.75, 3.05) is 18.4 Å². The Morgan fingerprint density at radius 2 is 1.97 bits per heavy atom. The summed E-state index contributed by atoms with van der Waals surface area (Å²) in [6, 6.07) is 2.12. The highest BCUT2D eigenvalue weighted by atomic mass is 32.1. The van der Waals surface area contributed by atoms with E-state index >= 15 is 0 Å². The molecule has 1 atom stereocenters. The molecule has 0 aromatic carbocycles. The summed E-state index contributed by atoms with van der Waals surface area (Å²) in [6.45, 7) is 1.95. The number of halogens is 4. The Labute approximate surface area is 207 Å². The number of fused-ring (bicyclic) bond motifs is 1. The number of nitrogens with zero attached hydrogens (tertiary/aromatic N) is 4. The zero-order valence-corrected chi connectivity index (χ0v) is 19.9. The molecule has 0 radical (unpaired) electrons. The number of carbonyl (C=O) groups is 2. The maximum atomic E-state index is 13.5. The minimum absolute atomic E-state index is 0.0868. The number of thiophene rings is 1. The molecule has 4 heterocycles. The Kier molecular flexibility index (Phi) is 6.05. The second-order valence-electron chi connectivity index (χ2n) is 9.15. The Bertz CT molecular complexity index is 1320. The molecule has 13 heteroatoms. The van der Waals surface area contributed by atoms with Crippen molar-refractivity contribution < 1.29 is 27.2 Å². The molecule has 0 spiro atoms. The SMILES string of the molecule is CC(Nc1nc(C(=O)N2CC(NC(=O)C3(C(F)(F)F)CCC3)C2)c2sccc2n1)c1cncc(F)c1. The minimum atomic E-state index is -4.59. The molecule has 2 N–H and O–H groups in total. The van der Waals surface area contributed by atoms with Crippen molar-refractivity contribution in [2.45, 2.75) is 44.4 Å². The van der Waals surface area contributed by atoms with Crippen LogP contribution in [0.5, 0.6) is 0 Å². The van der Waals surface area contributed by atoms with Gasteiger partial charge in [0.15, 0.2) is 5.69 Å². The third kappa shape index (κ3) is 4.25. The van der Waals surface area contributed by atoms with E-state index in [9.17, 15) is 27.2 Å². The lowest BCUT2D eigenvalue weighted by Crippen LogP contribution is -2.65. The van der Waals surface area contributed by atoms with E-state index in [-0.39, 0.29) is 37.6 Å². The first-order valence-electron chi connectivity index (χ1n) is 11.4. The summed E-state index contributed by atoms with van der Waals surface area (Å²) >= 11 is 1.29. The molecule has 36 heavy (non-hydrogen) atoms. The molecule has 1 aliphatic heterocycles. The van der Waals surface area contributed by atoms with Crippen LogP contribution in [0.2, 0.25) is 0 Å². The number of hydrogen-bond acceptors (Lipinski definition) is 7. The number of rotatable bonds is 6. The number of aromatic nitrogens is 3. The lowest BCUT2D eigenvalue weighted by atomic mass is 9.67. The Morgan fingerprint density at radius 1 is 1.22 bits per heavy atom. The van der Waals surface area contributed by atoms with Gasteiger partial charge in [-0.25, -0.2) is 14.4 Å². The molecular weight excluding hydrogens is 500 g/mol. The van der Waals surface area contributed by atoms with Crippen molar-refractivity contribution in [1.29, 1.82) is 0 Å². The zero-order chi connectivity index (χ0) is 25.7. The fraction of sp³-hybridized carbons (Fsp3) is 0.435. The quantitative estimate of drug-likeness (QED) is 0.474. The molecule has 190 valence electrons. The van der Waals surface area contributed by atoms with E-state index < -0.39 is 41.3 Å². The molecule has 1 unspecified atom stereocenters. The number of hydrogen-bond donors (Lipinski definition) is 2. The largest absolute Gasteiger partial charge is 0.403 e. The van der Waals surface area contributed by atoms with Gasteiger partial charge in [-0.05, 0) is 42.8 Å². The summed E-state index contributed by atoms with van der Waals surface area (Å²) < 4.78 is 54.4. The molecule has 8 nitrogen and oxygen atoms in total. The number of nitrogens with one attached hydrogen (secondary N) is 2. The third-order valence-electron chi connectivity index (χ3n) is 6.77. The van der Waals surface area contributed by atoms with Crippen molar-refractivity contribution in [1.82, 2.24) is 25.2 Å². The normalized spacial score (nSPS) is 18.3. The van der Waals surface area contributed by atoms with Gasteiger partial charge in [0.25, 0.3) is 5.91 Å². The van der Waals surface area contributed by atoms with Crippen LogP contribution in [-0.2, 0) is 4.79 Å². The maximum absolute atomic E-state index is 13.5. The third-order valence-corrected chi connectivity index (χ3v) is 7.68. The Balaban J connectivity index is 1.28. The van der Waals surface area contributed by atoms with Crippen LogP contribution in [0.15, 0.2) is 29.9 Å². The van der Waals surface area contributed by atoms with Gasteiger partial charge in [0.05, 0.1) is 28.5 Å². The lowest BCUT2D eigenvalue weighted by molar-refractivity contribution is -0.243. The average molecular weight is 523 g/mol. The molecule has 0 bridgehead atoms. The molecular formula is C23H22F4N6O2S. The predicted molar refractivity (Wildman–Crippen MR) is 124 cm³/mol. The van der Waals surface area contributed by atoms with E-state index in [0.29, 0.717) is 22.2 Å². The molecule has 2 aliphatic rings. The van der Waals surface area contributed by atoms with Crippen LogP contribution in [-0.4, -0.2) is 57.0 Å². The number of pyridine rings is 1. The van der Waals surface area contributed by atoms with Crippen LogP contribution in [0.3, 0.4) is 0 Å². The van der Waals surface area contributed by atoms with Gasteiger partial charge in [0.1, 0.15) is 11.2 Å². The van der Waals surface area contributed by atoms with Crippen LogP contribution in [0, 0.1) is 11.2 Å². The Hall–Kier alpha value is -3.35. The first-order chi connectivity index (χ1) is 17.1. The molecule has 2 amide bonds. The number of alkyl halides is 3. The van der Waals surface area contributed by atoms with Crippen LogP contribution in [0.1, 0.15) is 48.3 Å². The van der Waals surface area contributed by atoms with E-state index in [2.05, 4.69) is 25.6 Å². The van der Waals surface area contributed by atoms with Crippen LogP contribution >= 0.6 is 11.3 Å². The molecule has 3 aromatic rings. The van der Waals surface area contributed by atoms with Crippen molar-refractivity contribution in [2.24, 2.45) is 5.41 Å². The summed E-state index contributed by atoms with van der Waals surface area (Å²) in [4.78, 5) is 39.7. The fourth-order valence-corrected chi connectivity index (χ4v) is 5.21. The van der Waals surface area contributed by atoms with Gasteiger partial charge in [-0.3, -0.25) is 14.6 Å². The number of carbonyl (C=O) groups excluding carboxylic acids is 2. The minimum Gasteiger partial charge on any atom is -0.349 e. The average Bonchev–Trinajstić information content (AvgIpc) is 3.21. The van der Waals surface area contributed by atoms with E-state index in [1.807, 2.05) is 0 Å². The smallest absolute Gasteiger partial charge is 0.349 e. The van der Waals surface area contributed by atoms with Crippen molar-refractivity contribution in [3.63, 3.8) is 0 Å². The van der Waals surface area contributed by atoms with Gasteiger partial charge in [0.2, 0.25) is 11.9 Å². The van der Waals surface area contributed by atoms with Crippen molar-refractivity contribution >= 4 is 39.3 Å². The number of likely N-dealkylation sites (tertiary alicyclic amines) is 1. The van der Waals surface area contributed by atoms with Gasteiger partial charge < -0.3 is 15.5 Å². The van der Waals surface area contributed by atoms with E-state index in [1.165, 1.54) is 28.5 Å². The first-order valence-corrected chi connectivity index (χ1v) is 12.2. The fourth-order valence-electron chi connectivity index (χ4n) is 4.39. The summed E-state index contributed by atoms with van der Waals surface area (Å²) in [6.07, 6.45) is -2.06. The van der Waals surface area contributed by atoms with Gasteiger partial charge in [0, 0.05) is 19.3 Å². The highest BCUT2D eigenvalue weighted by Gasteiger charge is 2.63. The van der Waals surface area contributed by atoms with Gasteiger partial charge in [-0.15, -0.1) is 11.3 Å². The van der Waals surface area contributed by atoms with Crippen molar-refractivity contribution in [3.8, 4) is 0 Å². The molecule has 1 saturated heterocycles. The van der Waals surface area contributed by atoms with Gasteiger partial charge in [-0.1, -0.05) is 6.42 Å². The number of anilines is 1. The monoisotopic (exact) mass is 522 g/mol. The second-order valence-corrected chi connectivity index (χ2v) is 10.1. The zero-order valence-electron chi connectivity index (χ0n) is 19.1. The highest BCUT2D eigenvalue weighted by Crippen LogP contribution is 2.53. The maximum Gasteiger partial charge on any atom is 0.403 e. The summed E-state index contributed by atoms with van der Waals surface area (Å²) in [5.41, 5.74) is -1.05. The standard InChI is InChI=1S/C23H22F4N6O2S/c1-12(13-7-14(24)9-28-8-13)29-21-31-16-3-6-36-18(16)17(32-21)19(34)33-10-15(11-33)30-20(35)22(4-2-5-22)23(25,26)27/h3,6-9,12,15H,2,4-5,10-11H2,1H3,(H,30,35)(H,29,31,32). The lowest BCUT2D eigenvalue weighted by Gasteiger charge is -2.45.